The molecule has 102 valence electrons. The average molecular weight is 243 g/mol. The first-order valence-electron chi connectivity index (χ1n) is 6.99. The van der Waals surface area contributed by atoms with Gasteiger partial charge < -0.3 is 9.84 Å². The first-order valence-corrected chi connectivity index (χ1v) is 6.99. The second kappa shape index (κ2) is 7.34. The molecule has 0 radical (unpaired) electrons. The van der Waals surface area contributed by atoms with Gasteiger partial charge in [-0.2, -0.15) is 0 Å². The topological polar surface area (TPSA) is 32.7 Å². The van der Waals surface area contributed by atoms with E-state index in [0.29, 0.717) is 12.1 Å². The highest BCUT2D eigenvalue weighted by atomic mass is 16.5. The van der Waals surface area contributed by atoms with Gasteiger partial charge in [-0.15, -0.1) is 0 Å². The molecule has 1 aliphatic rings. The van der Waals surface area contributed by atoms with Crippen LogP contribution in [0.2, 0.25) is 0 Å². The molecule has 0 aromatic carbocycles. The van der Waals surface area contributed by atoms with Gasteiger partial charge in [-0.3, -0.25) is 4.90 Å². The lowest BCUT2D eigenvalue weighted by Gasteiger charge is -2.41. The highest BCUT2D eigenvalue weighted by molar-refractivity contribution is 4.87. The smallest absolute Gasteiger partial charge is 0.0695 e. The van der Waals surface area contributed by atoms with E-state index in [-0.39, 0.29) is 6.10 Å². The van der Waals surface area contributed by atoms with Crippen LogP contribution in [-0.4, -0.2) is 49.0 Å². The summed E-state index contributed by atoms with van der Waals surface area (Å²) >= 11 is 0. The maximum absolute atomic E-state index is 10.2. The Labute approximate surface area is 106 Å². The molecule has 1 rings (SSSR count). The molecule has 1 saturated carbocycles. The predicted octanol–water partition coefficient (Wildman–Crippen LogP) is 2.28. The molecule has 0 aliphatic heterocycles. The van der Waals surface area contributed by atoms with Gasteiger partial charge in [0.1, 0.15) is 0 Å². The minimum Gasteiger partial charge on any atom is -0.391 e. The Morgan fingerprint density at radius 1 is 1.41 bits per heavy atom. The number of likely N-dealkylation sites (N-methyl/N-ethyl adjacent to an activating group) is 1. The highest BCUT2D eigenvalue weighted by Crippen LogP contribution is 2.31. The molecule has 1 N–H and O–H groups in total. The first kappa shape index (κ1) is 14.9. The molecule has 0 aromatic heterocycles. The van der Waals surface area contributed by atoms with Crippen LogP contribution in [0.15, 0.2) is 0 Å². The summed E-state index contributed by atoms with van der Waals surface area (Å²) in [5, 5.41) is 10.2. The summed E-state index contributed by atoms with van der Waals surface area (Å²) in [5.41, 5.74) is 0. The van der Waals surface area contributed by atoms with Crippen LogP contribution in [-0.2, 0) is 4.74 Å². The van der Waals surface area contributed by atoms with E-state index in [1.165, 1.54) is 19.3 Å². The monoisotopic (exact) mass is 243 g/mol. The van der Waals surface area contributed by atoms with Gasteiger partial charge in [-0.1, -0.05) is 19.8 Å². The summed E-state index contributed by atoms with van der Waals surface area (Å²) < 4.78 is 5.20. The average Bonchev–Trinajstić information content (AvgIpc) is 2.31. The van der Waals surface area contributed by atoms with Crippen LogP contribution in [0.1, 0.15) is 46.0 Å². The summed E-state index contributed by atoms with van der Waals surface area (Å²) in [6.45, 7) is 5.15. The van der Waals surface area contributed by atoms with Crippen molar-refractivity contribution in [2.75, 3.05) is 20.8 Å². The van der Waals surface area contributed by atoms with Gasteiger partial charge in [-0.25, -0.2) is 0 Å². The fourth-order valence-electron chi connectivity index (χ4n) is 3.01. The van der Waals surface area contributed by atoms with Crippen molar-refractivity contribution < 1.29 is 9.84 Å². The van der Waals surface area contributed by atoms with Gasteiger partial charge in [0, 0.05) is 19.2 Å². The molecule has 4 unspecified atom stereocenters. The van der Waals surface area contributed by atoms with Crippen LogP contribution in [0.25, 0.3) is 0 Å². The molecule has 0 heterocycles. The Balaban J connectivity index is 2.53. The van der Waals surface area contributed by atoms with Crippen molar-refractivity contribution in [3.8, 4) is 0 Å². The van der Waals surface area contributed by atoms with Gasteiger partial charge in [0.05, 0.1) is 12.7 Å². The third-order valence-electron chi connectivity index (χ3n) is 4.21. The van der Waals surface area contributed by atoms with E-state index in [2.05, 4.69) is 25.8 Å². The van der Waals surface area contributed by atoms with Gasteiger partial charge in [0.2, 0.25) is 0 Å². The molecule has 1 aliphatic carbocycles. The second-order valence-corrected chi connectivity index (χ2v) is 5.57. The number of methoxy groups -OCH3 is 1. The summed E-state index contributed by atoms with van der Waals surface area (Å²) in [6, 6.07) is 0.686. The van der Waals surface area contributed by atoms with Crippen LogP contribution in [0.4, 0.5) is 0 Å². The van der Waals surface area contributed by atoms with Crippen molar-refractivity contribution >= 4 is 0 Å². The van der Waals surface area contributed by atoms with Crippen molar-refractivity contribution in [2.24, 2.45) is 5.92 Å². The normalized spacial score (nSPS) is 31.8. The third kappa shape index (κ3) is 4.23. The molecule has 0 aromatic rings. The molecule has 3 heteroatoms. The molecule has 0 spiro atoms. The zero-order valence-corrected chi connectivity index (χ0v) is 11.9. The molecule has 3 nitrogen and oxygen atoms in total. The van der Waals surface area contributed by atoms with E-state index < -0.39 is 0 Å². The Bertz CT molecular complexity index is 206. The van der Waals surface area contributed by atoms with Gasteiger partial charge >= 0.3 is 0 Å². The van der Waals surface area contributed by atoms with E-state index in [4.69, 9.17) is 4.74 Å². The minimum atomic E-state index is -0.160. The van der Waals surface area contributed by atoms with Crippen LogP contribution < -0.4 is 0 Å². The van der Waals surface area contributed by atoms with Crippen molar-refractivity contribution in [3.05, 3.63) is 0 Å². The van der Waals surface area contributed by atoms with Crippen molar-refractivity contribution in [1.29, 1.82) is 0 Å². The van der Waals surface area contributed by atoms with E-state index in [1.807, 2.05) is 0 Å². The summed E-state index contributed by atoms with van der Waals surface area (Å²) in [4.78, 5) is 2.30. The number of aliphatic hydroxyl groups is 1. The van der Waals surface area contributed by atoms with Crippen molar-refractivity contribution in [1.82, 2.24) is 4.90 Å². The summed E-state index contributed by atoms with van der Waals surface area (Å²) in [7, 11) is 3.85. The molecule has 4 atom stereocenters. The van der Waals surface area contributed by atoms with Gasteiger partial charge in [-0.05, 0) is 39.2 Å². The Morgan fingerprint density at radius 3 is 2.71 bits per heavy atom. The van der Waals surface area contributed by atoms with Gasteiger partial charge in [0.15, 0.2) is 0 Å². The number of aliphatic hydroxyl groups excluding tert-OH is 1. The lowest BCUT2D eigenvalue weighted by atomic mass is 9.80. The highest BCUT2D eigenvalue weighted by Gasteiger charge is 2.33. The summed E-state index contributed by atoms with van der Waals surface area (Å²) in [6.07, 6.45) is 5.68. The number of nitrogens with zero attached hydrogens (tertiary/aromatic N) is 1. The molecule has 0 saturated heterocycles. The van der Waals surface area contributed by atoms with E-state index in [1.54, 1.807) is 7.11 Å². The van der Waals surface area contributed by atoms with E-state index in [9.17, 15) is 5.11 Å². The van der Waals surface area contributed by atoms with Crippen LogP contribution in [0.3, 0.4) is 0 Å². The zero-order valence-electron chi connectivity index (χ0n) is 11.9. The number of hydrogen-bond donors (Lipinski definition) is 1. The van der Waals surface area contributed by atoms with Crippen LogP contribution in [0, 0.1) is 5.92 Å². The molecule has 1 fully saturated rings. The number of hydrogen-bond acceptors (Lipinski definition) is 3. The van der Waals surface area contributed by atoms with Crippen molar-refractivity contribution in [3.63, 3.8) is 0 Å². The fourth-order valence-corrected chi connectivity index (χ4v) is 3.01. The maximum Gasteiger partial charge on any atom is 0.0695 e. The zero-order chi connectivity index (χ0) is 12.8. The molecular formula is C14H29NO2. The standard InChI is InChI=1S/C14H29NO2/c1-5-6-12-7-8-14(16)13(9-12)15(3)11(2)10-17-4/h11-14,16H,5-10H2,1-4H3. The largest absolute Gasteiger partial charge is 0.391 e. The summed E-state index contributed by atoms with van der Waals surface area (Å²) in [5.74, 6) is 0.797. The second-order valence-electron chi connectivity index (χ2n) is 5.57. The lowest BCUT2D eigenvalue weighted by molar-refractivity contribution is -0.0157. The molecular weight excluding hydrogens is 214 g/mol. The molecule has 17 heavy (non-hydrogen) atoms. The SMILES string of the molecule is CCCC1CCC(O)C(N(C)C(C)COC)C1. The first-order chi connectivity index (χ1) is 8.10. The Morgan fingerprint density at radius 2 is 2.12 bits per heavy atom. The molecule has 0 bridgehead atoms. The quantitative estimate of drug-likeness (QED) is 0.777. The van der Waals surface area contributed by atoms with Crippen molar-refractivity contribution in [2.45, 2.75) is 64.1 Å². The van der Waals surface area contributed by atoms with Crippen LogP contribution >= 0.6 is 0 Å². The lowest BCUT2D eigenvalue weighted by Crippen LogP contribution is -2.50. The Kier molecular flexibility index (Phi) is 6.45. The third-order valence-corrected chi connectivity index (χ3v) is 4.21. The minimum absolute atomic E-state index is 0.160. The van der Waals surface area contributed by atoms with Crippen LogP contribution in [0.5, 0.6) is 0 Å². The predicted molar refractivity (Wildman–Crippen MR) is 71.1 cm³/mol. The number of ether oxygens (including phenoxy) is 1. The molecule has 0 amide bonds. The Hall–Kier alpha value is -0.120. The maximum atomic E-state index is 10.2. The van der Waals surface area contributed by atoms with E-state index in [0.717, 1.165) is 25.4 Å². The fraction of sp³-hybridized carbons (Fsp3) is 1.00. The van der Waals surface area contributed by atoms with E-state index >= 15 is 0 Å². The number of rotatable bonds is 6. The van der Waals surface area contributed by atoms with Gasteiger partial charge in [0.25, 0.3) is 0 Å².